The van der Waals surface area contributed by atoms with Crippen LogP contribution in [0.2, 0.25) is 0 Å². The third kappa shape index (κ3) is 3.29. The summed E-state index contributed by atoms with van der Waals surface area (Å²) in [5.74, 6) is -0.160. The van der Waals surface area contributed by atoms with Crippen LogP contribution in [0, 0.1) is 0 Å². The molecule has 2 aromatic carbocycles. The average Bonchev–Trinajstić information content (AvgIpc) is 2.45. The first kappa shape index (κ1) is 13.5. The third-order valence-electron chi connectivity index (χ3n) is 2.70. The van der Waals surface area contributed by atoms with Crippen molar-refractivity contribution in [2.75, 3.05) is 6.26 Å². The van der Waals surface area contributed by atoms with E-state index in [1.165, 1.54) is 0 Å². The summed E-state index contributed by atoms with van der Waals surface area (Å²) in [6.07, 6.45) is 1.98. The standard InChI is InChI=1S/C15H14O3S/c1-19-14-9-5-4-8-13(14)18-10-11-6-2-3-7-12(11)15(16)17/h2-9H,10H2,1H3,(H,16,17). The highest BCUT2D eigenvalue weighted by atomic mass is 32.2. The van der Waals surface area contributed by atoms with E-state index < -0.39 is 5.97 Å². The Morgan fingerprint density at radius 2 is 1.84 bits per heavy atom. The fraction of sp³-hybridized carbons (Fsp3) is 0.133. The highest BCUT2D eigenvalue weighted by molar-refractivity contribution is 7.98. The second-order valence-corrected chi connectivity index (χ2v) is 4.75. The summed E-state index contributed by atoms with van der Waals surface area (Å²) in [5.41, 5.74) is 0.954. The minimum atomic E-state index is -0.933. The number of hydrogen-bond donors (Lipinski definition) is 1. The maximum Gasteiger partial charge on any atom is 0.336 e. The van der Waals surface area contributed by atoms with Crippen molar-refractivity contribution in [1.29, 1.82) is 0 Å². The summed E-state index contributed by atoms with van der Waals surface area (Å²) in [6.45, 7) is 0.250. The van der Waals surface area contributed by atoms with Crippen molar-refractivity contribution in [1.82, 2.24) is 0 Å². The van der Waals surface area contributed by atoms with Crippen LogP contribution in [0.4, 0.5) is 0 Å². The van der Waals surface area contributed by atoms with E-state index >= 15 is 0 Å². The summed E-state index contributed by atoms with van der Waals surface area (Å²) in [4.78, 5) is 12.1. The lowest BCUT2D eigenvalue weighted by Gasteiger charge is -2.11. The number of ether oxygens (including phenoxy) is 1. The molecule has 0 radical (unpaired) electrons. The SMILES string of the molecule is CSc1ccccc1OCc1ccccc1C(=O)O. The van der Waals surface area contributed by atoms with Crippen LogP contribution in [0.25, 0.3) is 0 Å². The predicted molar refractivity (Wildman–Crippen MR) is 76.0 cm³/mol. The molecule has 1 N–H and O–H groups in total. The fourth-order valence-electron chi connectivity index (χ4n) is 1.75. The molecule has 0 amide bonds. The quantitative estimate of drug-likeness (QED) is 0.845. The largest absolute Gasteiger partial charge is 0.488 e. The van der Waals surface area contributed by atoms with Gasteiger partial charge in [0, 0.05) is 10.5 Å². The Morgan fingerprint density at radius 1 is 1.16 bits per heavy atom. The van der Waals surface area contributed by atoms with Crippen molar-refractivity contribution in [2.45, 2.75) is 11.5 Å². The van der Waals surface area contributed by atoms with Gasteiger partial charge in [-0.3, -0.25) is 0 Å². The second kappa shape index (κ2) is 6.29. The zero-order valence-electron chi connectivity index (χ0n) is 10.5. The summed E-state index contributed by atoms with van der Waals surface area (Å²) in [7, 11) is 0. The molecule has 0 heterocycles. The van der Waals surface area contributed by atoms with Crippen molar-refractivity contribution >= 4 is 17.7 Å². The molecule has 0 atom stereocenters. The van der Waals surface area contributed by atoms with Crippen LogP contribution in [0.1, 0.15) is 15.9 Å². The maximum absolute atomic E-state index is 11.1. The molecule has 0 bridgehead atoms. The third-order valence-corrected chi connectivity index (χ3v) is 3.48. The van der Waals surface area contributed by atoms with E-state index in [1.54, 1.807) is 30.0 Å². The lowest BCUT2D eigenvalue weighted by atomic mass is 10.1. The number of rotatable bonds is 5. The Labute approximate surface area is 116 Å². The summed E-state index contributed by atoms with van der Waals surface area (Å²) >= 11 is 1.60. The molecule has 0 saturated heterocycles. The number of aromatic carboxylic acids is 1. The molecule has 0 aromatic heterocycles. The van der Waals surface area contributed by atoms with Gasteiger partial charge >= 0.3 is 5.97 Å². The predicted octanol–water partition coefficient (Wildman–Crippen LogP) is 3.69. The van der Waals surface area contributed by atoms with Crippen molar-refractivity contribution in [3.05, 3.63) is 59.7 Å². The maximum atomic E-state index is 11.1. The van der Waals surface area contributed by atoms with Crippen LogP contribution in [-0.4, -0.2) is 17.3 Å². The molecule has 3 nitrogen and oxygen atoms in total. The number of carboxylic acids is 1. The van der Waals surface area contributed by atoms with Gasteiger partial charge in [0.25, 0.3) is 0 Å². The molecule has 98 valence electrons. The Morgan fingerprint density at radius 3 is 2.58 bits per heavy atom. The van der Waals surface area contributed by atoms with Gasteiger partial charge in [0.2, 0.25) is 0 Å². The number of carboxylic acid groups (broad SMARTS) is 1. The van der Waals surface area contributed by atoms with E-state index in [9.17, 15) is 4.79 Å². The molecule has 2 rings (SSSR count). The van der Waals surface area contributed by atoms with Gasteiger partial charge in [-0.1, -0.05) is 30.3 Å². The van der Waals surface area contributed by atoms with E-state index in [2.05, 4.69) is 0 Å². The fourth-order valence-corrected chi connectivity index (χ4v) is 2.29. The van der Waals surface area contributed by atoms with Gasteiger partial charge in [0.15, 0.2) is 0 Å². The van der Waals surface area contributed by atoms with E-state index in [0.717, 1.165) is 10.6 Å². The molecule has 19 heavy (non-hydrogen) atoms. The van der Waals surface area contributed by atoms with Crippen LogP contribution in [-0.2, 0) is 6.61 Å². The molecule has 0 fully saturated rings. The molecule has 0 aliphatic heterocycles. The lowest BCUT2D eigenvalue weighted by molar-refractivity contribution is 0.0694. The summed E-state index contributed by atoms with van der Waals surface area (Å²) < 4.78 is 5.72. The molecule has 2 aromatic rings. The molecule has 0 unspecified atom stereocenters. The van der Waals surface area contributed by atoms with Gasteiger partial charge in [-0.15, -0.1) is 11.8 Å². The number of hydrogen-bond acceptors (Lipinski definition) is 3. The van der Waals surface area contributed by atoms with Gasteiger partial charge < -0.3 is 9.84 Å². The summed E-state index contributed by atoms with van der Waals surface area (Å²) in [5, 5.41) is 9.10. The Kier molecular flexibility index (Phi) is 4.47. The van der Waals surface area contributed by atoms with E-state index in [4.69, 9.17) is 9.84 Å². The molecule has 4 heteroatoms. The van der Waals surface area contributed by atoms with Gasteiger partial charge in [-0.25, -0.2) is 4.79 Å². The molecule has 0 aliphatic carbocycles. The van der Waals surface area contributed by atoms with Crippen molar-refractivity contribution in [3.63, 3.8) is 0 Å². The van der Waals surface area contributed by atoms with Gasteiger partial charge in [0.1, 0.15) is 12.4 Å². The Balaban J connectivity index is 2.17. The van der Waals surface area contributed by atoms with Crippen LogP contribution in [0.3, 0.4) is 0 Å². The molecule has 0 aliphatic rings. The van der Waals surface area contributed by atoms with Crippen molar-refractivity contribution in [2.24, 2.45) is 0 Å². The molecule has 0 spiro atoms. The molecular formula is C15H14O3S. The van der Waals surface area contributed by atoms with Crippen molar-refractivity contribution in [3.8, 4) is 5.75 Å². The minimum Gasteiger partial charge on any atom is -0.488 e. The smallest absolute Gasteiger partial charge is 0.336 e. The zero-order valence-corrected chi connectivity index (χ0v) is 11.3. The number of para-hydroxylation sites is 1. The Hall–Kier alpha value is -1.94. The van der Waals surface area contributed by atoms with E-state index in [0.29, 0.717) is 5.56 Å². The molecule has 0 saturated carbocycles. The first-order valence-electron chi connectivity index (χ1n) is 5.79. The van der Waals surface area contributed by atoms with Crippen molar-refractivity contribution < 1.29 is 14.6 Å². The monoisotopic (exact) mass is 274 g/mol. The molecular weight excluding hydrogens is 260 g/mol. The van der Waals surface area contributed by atoms with Gasteiger partial charge in [-0.05, 0) is 24.5 Å². The van der Waals surface area contributed by atoms with E-state index in [1.807, 2.05) is 36.6 Å². The highest BCUT2D eigenvalue weighted by Gasteiger charge is 2.10. The minimum absolute atomic E-state index is 0.250. The zero-order chi connectivity index (χ0) is 13.7. The first-order chi connectivity index (χ1) is 9.22. The van der Waals surface area contributed by atoms with Gasteiger partial charge in [0.05, 0.1) is 5.56 Å². The lowest BCUT2D eigenvalue weighted by Crippen LogP contribution is -2.05. The second-order valence-electron chi connectivity index (χ2n) is 3.90. The number of thioether (sulfide) groups is 1. The average molecular weight is 274 g/mol. The summed E-state index contributed by atoms with van der Waals surface area (Å²) in [6, 6.07) is 14.6. The first-order valence-corrected chi connectivity index (χ1v) is 7.02. The normalized spacial score (nSPS) is 10.2. The number of carbonyl (C=O) groups is 1. The highest BCUT2D eigenvalue weighted by Crippen LogP contribution is 2.27. The van der Waals surface area contributed by atoms with Crippen LogP contribution in [0.15, 0.2) is 53.4 Å². The van der Waals surface area contributed by atoms with Gasteiger partial charge in [-0.2, -0.15) is 0 Å². The number of benzene rings is 2. The van der Waals surface area contributed by atoms with Crippen LogP contribution < -0.4 is 4.74 Å². The van der Waals surface area contributed by atoms with Crippen LogP contribution in [0.5, 0.6) is 5.75 Å². The Bertz CT molecular complexity index is 581. The van der Waals surface area contributed by atoms with Crippen LogP contribution >= 0.6 is 11.8 Å². The van der Waals surface area contributed by atoms with E-state index in [-0.39, 0.29) is 12.2 Å². The topological polar surface area (TPSA) is 46.5 Å².